The van der Waals surface area contributed by atoms with Crippen molar-refractivity contribution in [3.63, 3.8) is 0 Å². The minimum absolute atomic E-state index is 0.0824. The van der Waals surface area contributed by atoms with E-state index in [1.807, 2.05) is 77.2 Å². The first kappa shape index (κ1) is 23.7. The Hall–Kier alpha value is -4.04. The number of carbonyl (C=O) groups is 1. The third-order valence-electron chi connectivity index (χ3n) is 6.38. The average Bonchev–Trinajstić information content (AvgIpc) is 3.49. The number of nitrogens with one attached hydrogen (secondary N) is 2. The molecule has 6 nitrogen and oxygen atoms in total. The smallest absolute Gasteiger partial charge is 0.226 e. The lowest BCUT2D eigenvalue weighted by molar-refractivity contribution is -0.116. The van der Waals surface area contributed by atoms with Gasteiger partial charge in [-0.25, -0.2) is 4.39 Å². The van der Waals surface area contributed by atoms with Gasteiger partial charge in [0.05, 0.1) is 17.8 Å². The largest absolute Gasteiger partial charge is 0.352 e. The van der Waals surface area contributed by atoms with Crippen LogP contribution in [-0.4, -0.2) is 32.0 Å². The van der Waals surface area contributed by atoms with Crippen LogP contribution in [0.4, 0.5) is 10.1 Å². The van der Waals surface area contributed by atoms with E-state index in [1.54, 1.807) is 18.3 Å². The lowest BCUT2D eigenvalue weighted by atomic mass is 10.0. The molecule has 1 aliphatic rings. The molecule has 1 saturated heterocycles. The Bertz CT molecular complexity index is 1370. The maximum atomic E-state index is 13.6. The third-order valence-corrected chi connectivity index (χ3v) is 6.74. The molecule has 1 fully saturated rings. The van der Waals surface area contributed by atoms with Crippen LogP contribution in [0.15, 0.2) is 91.3 Å². The highest BCUT2D eigenvalue weighted by Gasteiger charge is 2.41. The highest BCUT2D eigenvalue weighted by atomic mass is 32.1. The standard InChI is InChI=1S/C28H26FN5OS/c1-19-7-2-3-8-22(19)31-25(35)15-18-34-27(26(32-28(34)36)23-9-4-5-16-30-23)24-10-6-17-33(24)21-13-11-20(29)12-14-21/h2-14,16-17,26-27H,15,18H2,1H3,(H,31,35)(H,32,36)/t26-,27+/m1/s1. The summed E-state index contributed by atoms with van der Waals surface area (Å²) in [5, 5.41) is 6.98. The zero-order chi connectivity index (χ0) is 25.1. The topological polar surface area (TPSA) is 62.2 Å². The molecule has 1 aliphatic heterocycles. The summed E-state index contributed by atoms with van der Waals surface area (Å²) in [7, 11) is 0. The molecule has 0 spiro atoms. The number of amides is 1. The van der Waals surface area contributed by atoms with Crippen LogP contribution in [0.5, 0.6) is 0 Å². The van der Waals surface area contributed by atoms with Gasteiger partial charge in [-0.05, 0) is 79.3 Å². The molecule has 8 heteroatoms. The van der Waals surface area contributed by atoms with E-state index >= 15 is 0 Å². The molecule has 0 saturated carbocycles. The van der Waals surface area contributed by atoms with E-state index in [4.69, 9.17) is 12.2 Å². The van der Waals surface area contributed by atoms with Gasteiger partial charge >= 0.3 is 0 Å². The summed E-state index contributed by atoms with van der Waals surface area (Å²) in [4.78, 5) is 19.5. The van der Waals surface area contributed by atoms with Crippen LogP contribution in [0.1, 0.15) is 35.5 Å². The van der Waals surface area contributed by atoms with Crippen LogP contribution < -0.4 is 10.6 Å². The summed E-state index contributed by atoms with van der Waals surface area (Å²) >= 11 is 5.74. The first-order valence-electron chi connectivity index (χ1n) is 11.8. The Morgan fingerprint density at radius 3 is 2.58 bits per heavy atom. The minimum atomic E-state index is -0.288. The summed E-state index contributed by atoms with van der Waals surface area (Å²) in [6.45, 7) is 2.39. The molecule has 2 aromatic carbocycles. The third kappa shape index (κ3) is 4.85. The molecular formula is C28H26FN5OS. The molecule has 2 atom stereocenters. The van der Waals surface area contributed by atoms with Crippen molar-refractivity contribution >= 4 is 28.9 Å². The van der Waals surface area contributed by atoms with E-state index in [0.717, 1.165) is 28.3 Å². The van der Waals surface area contributed by atoms with Crippen molar-refractivity contribution in [2.45, 2.75) is 25.4 Å². The zero-order valence-electron chi connectivity index (χ0n) is 19.8. The molecule has 3 heterocycles. The van der Waals surface area contributed by atoms with Gasteiger partial charge in [-0.1, -0.05) is 24.3 Å². The van der Waals surface area contributed by atoms with Crippen molar-refractivity contribution in [3.8, 4) is 5.69 Å². The molecule has 5 rings (SSSR count). The number of aromatic nitrogens is 2. The second kappa shape index (κ2) is 10.3. The van der Waals surface area contributed by atoms with Crippen molar-refractivity contribution in [1.29, 1.82) is 0 Å². The van der Waals surface area contributed by atoms with E-state index in [1.165, 1.54) is 12.1 Å². The maximum Gasteiger partial charge on any atom is 0.226 e. The lowest BCUT2D eigenvalue weighted by Crippen LogP contribution is -2.33. The number of carbonyl (C=O) groups excluding carboxylic acids is 1. The van der Waals surface area contributed by atoms with Crippen LogP contribution in [0.3, 0.4) is 0 Å². The van der Waals surface area contributed by atoms with E-state index in [9.17, 15) is 9.18 Å². The summed E-state index contributed by atoms with van der Waals surface area (Å²) in [6, 6.07) is 23.4. The highest BCUT2D eigenvalue weighted by Crippen LogP contribution is 2.39. The molecule has 36 heavy (non-hydrogen) atoms. The molecule has 0 bridgehead atoms. The lowest BCUT2D eigenvalue weighted by Gasteiger charge is -2.29. The Balaban J connectivity index is 1.44. The number of rotatable bonds is 7. The second-order valence-corrected chi connectivity index (χ2v) is 9.10. The predicted molar refractivity (Wildman–Crippen MR) is 142 cm³/mol. The van der Waals surface area contributed by atoms with Gasteiger partial charge in [-0.3, -0.25) is 9.78 Å². The molecule has 0 radical (unpaired) electrons. The quantitative estimate of drug-likeness (QED) is 0.337. The Kier molecular flexibility index (Phi) is 6.77. The van der Waals surface area contributed by atoms with Gasteiger partial charge in [0, 0.05) is 42.4 Å². The van der Waals surface area contributed by atoms with Crippen LogP contribution in [-0.2, 0) is 4.79 Å². The molecule has 182 valence electrons. The Morgan fingerprint density at radius 1 is 1.06 bits per heavy atom. The number of halogens is 1. The summed E-state index contributed by atoms with van der Waals surface area (Å²) in [6.07, 6.45) is 3.97. The van der Waals surface area contributed by atoms with E-state index in [0.29, 0.717) is 11.7 Å². The second-order valence-electron chi connectivity index (χ2n) is 8.71. The SMILES string of the molecule is Cc1ccccc1NC(=O)CCN1C(=S)N[C@H](c2ccccn2)[C@@H]1c1cccn1-c1ccc(F)cc1. The fraction of sp³-hybridized carbons (Fsp3) is 0.179. The number of nitrogens with zero attached hydrogens (tertiary/aromatic N) is 3. The van der Waals surface area contributed by atoms with E-state index in [2.05, 4.69) is 15.6 Å². The van der Waals surface area contributed by atoms with Crippen LogP contribution in [0.2, 0.25) is 0 Å². The number of hydrogen-bond acceptors (Lipinski definition) is 3. The zero-order valence-corrected chi connectivity index (χ0v) is 20.6. The highest BCUT2D eigenvalue weighted by molar-refractivity contribution is 7.80. The first-order chi connectivity index (χ1) is 17.5. The fourth-order valence-electron chi connectivity index (χ4n) is 4.59. The average molecular weight is 500 g/mol. The van der Waals surface area contributed by atoms with Crippen molar-refractivity contribution in [3.05, 3.63) is 114 Å². The number of para-hydroxylation sites is 1. The molecule has 4 aromatic rings. The number of aryl methyl sites for hydroxylation is 1. The summed E-state index contributed by atoms with van der Waals surface area (Å²) in [5.41, 5.74) is 4.46. The van der Waals surface area contributed by atoms with E-state index < -0.39 is 0 Å². The molecular weight excluding hydrogens is 473 g/mol. The van der Waals surface area contributed by atoms with Gasteiger partial charge in [0.1, 0.15) is 5.82 Å². The monoisotopic (exact) mass is 499 g/mol. The maximum absolute atomic E-state index is 13.6. The van der Waals surface area contributed by atoms with Gasteiger partial charge < -0.3 is 20.1 Å². The minimum Gasteiger partial charge on any atom is -0.352 e. The van der Waals surface area contributed by atoms with Gasteiger partial charge in [0.2, 0.25) is 5.91 Å². The molecule has 2 aromatic heterocycles. The number of benzene rings is 2. The molecule has 2 N–H and O–H groups in total. The van der Waals surface area contributed by atoms with Crippen molar-refractivity contribution in [2.24, 2.45) is 0 Å². The molecule has 0 unspecified atom stereocenters. The van der Waals surface area contributed by atoms with Crippen LogP contribution in [0.25, 0.3) is 5.69 Å². The van der Waals surface area contributed by atoms with Crippen molar-refractivity contribution in [2.75, 3.05) is 11.9 Å². The number of thiocarbonyl (C=S) groups is 1. The van der Waals surface area contributed by atoms with Crippen LogP contribution >= 0.6 is 12.2 Å². The predicted octanol–water partition coefficient (Wildman–Crippen LogP) is 5.32. The van der Waals surface area contributed by atoms with Gasteiger partial charge in [0.15, 0.2) is 5.11 Å². The van der Waals surface area contributed by atoms with Crippen LogP contribution in [0, 0.1) is 12.7 Å². The normalized spacial score (nSPS) is 17.2. The summed E-state index contributed by atoms with van der Waals surface area (Å²) in [5.74, 6) is -0.370. The Morgan fingerprint density at radius 2 is 1.83 bits per heavy atom. The fourth-order valence-corrected chi connectivity index (χ4v) is 4.92. The molecule has 0 aliphatic carbocycles. The van der Waals surface area contributed by atoms with Crippen molar-refractivity contribution in [1.82, 2.24) is 19.8 Å². The number of anilines is 1. The molecule has 1 amide bonds. The van der Waals surface area contributed by atoms with Gasteiger partial charge in [0.25, 0.3) is 0 Å². The van der Waals surface area contributed by atoms with Gasteiger partial charge in [-0.15, -0.1) is 0 Å². The van der Waals surface area contributed by atoms with Crippen molar-refractivity contribution < 1.29 is 9.18 Å². The number of hydrogen-bond donors (Lipinski definition) is 2. The van der Waals surface area contributed by atoms with E-state index in [-0.39, 0.29) is 30.2 Å². The summed E-state index contributed by atoms with van der Waals surface area (Å²) < 4.78 is 15.6. The first-order valence-corrected chi connectivity index (χ1v) is 12.2. The Labute approximate surface area is 214 Å². The number of pyridine rings is 1. The van der Waals surface area contributed by atoms with Gasteiger partial charge in [-0.2, -0.15) is 0 Å².